The molecule has 0 aliphatic carbocycles. The standard InChI is InChI=1S/C6H11O2.HI.Zn/c1-3-5-6(7)8-4-2;;/h1,3-5H2,2H3;1H;/q-1;;. The summed E-state index contributed by atoms with van der Waals surface area (Å²) in [5.74, 6) is -0.150. The van der Waals surface area contributed by atoms with E-state index in [9.17, 15) is 4.79 Å². The van der Waals surface area contributed by atoms with E-state index in [4.69, 9.17) is 0 Å². The van der Waals surface area contributed by atoms with Gasteiger partial charge in [-0.15, -0.1) is 24.0 Å². The van der Waals surface area contributed by atoms with Gasteiger partial charge < -0.3 is 11.7 Å². The van der Waals surface area contributed by atoms with Crippen molar-refractivity contribution in [2.24, 2.45) is 0 Å². The van der Waals surface area contributed by atoms with Gasteiger partial charge in [0, 0.05) is 25.9 Å². The van der Waals surface area contributed by atoms with E-state index in [2.05, 4.69) is 11.7 Å². The summed E-state index contributed by atoms with van der Waals surface area (Å²) in [6, 6.07) is 0. The molecule has 4 heteroatoms. The summed E-state index contributed by atoms with van der Waals surface area (Å²) in [6.07, 6.45) is 1.06. The molecule has 0 amide bonds. The van der Waals surface area contributed by atoms with E-state index in [-0.39, 0.29) is 49.4 Å². The molecule has 0 atom stereocenters. The maximum Gasteiger partial charge on any atom is 0.303 e. The third-order valence-electron chi connectivity index (χ3n) is 0.686. The molecule has 0 rings (SSSR count). The Kier molecular flexibility index (Phi) is 21.3. The molecule has 0 aromatic rings. The fourth-order valence-corrected chi connectivity index (χ4v) is 0.377. The van der Waals surface area contributed by atoms with E-state index in [1.807, 2.05) is 0 Å². The van der Waals surface area contributed by atoms with Crippen molar-refractivity contribution in [1.82, 2.24) is 0 Å². The third-order valence-corrected chi connectivity index (χ3v) is 0.686. The van der Waals surface area contributed by atoms with Crippen molar-refractivity contribution in [3.05, 3.63) is 6.92 Å². The van der Waals surface area contributed by atoms with E-state index in [0.29, 0.717) is 19.4 Å². The summed E-state index contributed by atoms with van der Waals surface area (Å²) in [6.45, 7) is 5.77. The van der Waals surface area contributed by atoms with Crippen LogP contribution in [-0.4, -0.2) is 12.6 Å². The number of halogens is 1. The third kappa shape index (κ3) is 11.6. The fourth-order valence-electron chi connectivity index (χ4n) is 0.377. The van der Waals surface area contributed by atoms with Gasteiger partial charge in [0.2, 0.25) is 0 Å². The summed E-state index contributed by atoms with van der Waals surface area (Å²) in [4.78, 5) is 10.4. The van der Waals surface area contributed by atoms with Crippen molar-refractivity contribution in [2.75, 3.05) is 6.61 Å². The van der Waals surface area contributed by atoms with Crippen LogP contribution < -0.4 is 0 Å². The van der Waals surface area contributed by atoms with Crippen LogP contribution in [0.2, 0.25) is 0 Å². The molecule has 0 heterocycles. The van der Waals surface area contributed by atoms with Crippen molar-refractivity contribution in [3.8, 4) is 0 Å². The first kappa shape index (κ1) is 17.1. The summed E-state index contributed by atoms with van der Waals surface area (Å²) in [7, 11) is 0. The molecule has 0 unspecified atom stereocenters. The van der Waals surface area contributed by atoms with Gasteiger partial charge in [0.1, 0.15) is 0 Å². The zero-order valence-corrected chi connectivity index (χ0v) is 11.6. The maximum atomic E-state index is 10.4. The van der Waals surface area contributed by atoms with Gasteiger partial charge in [-0.05, 0) is 6.92 Å². The molecule has 0 saturated carbocycles. The minimum absolute atomic E-state index is 0. The van der Waals surface area contributed by atoms with Gasteiger partial charge in [0.15, 0.2) is 0 Å². The Labute approximate surface area is 91.9 Å². The number of carbonyl (C=O) groups excluding carboxylic acids is 1. The molecule has 2 nitrogen and oxygen atoms in total. The van der Waals surface area contributed by atoms with Crippen LogP contribution in [0.3, 0.4) is 0 Å². The number of carbonyl (C=O) groups is 1. The minimum atomic E-state index is -0.150. The Balaban J connectivity index is -0.000000245. The number of esters is 1. The molecule has 0 saturated heterocycles. The Morgan fingerprint density at radius 3 is 2.40 bits per heavy atom. The van der Waals surface area contributed by atoms with E-state index < -0.39 is 0 Å². The second-order valence-electron chi connectivity index (χ2n) is 1.41. The Morgan fingerprint density at radius 2 is 2.10 bits per heavy atom. The monoisotopic (exact) mass is 307 g/mol. The normalized spacial score (nSPS) is 7.00. The molecule has 0 aliphatic heterocycles. The molecular weight excluding hydrogens is 296 g/mol. The largest absolute Gasteiger partial charge is 0.466 e. The van der Waals surface area contributed by atoms with Crippen LogP contribution in [0.5, 0.6) is 0 Å². The Bertz CT molecular complexity index is 70.1. The molecule has 10 heavy (non-hydrogen) atoms. The zero-order valence-electron chi connectivity index (χ0n) is 6.26. The fraction of sp³-hybridized carbons (Fsp3) is 0.667. The first-order valence-corrected chi connectivity index (χ1v) is 2.76. The average molecular weight is 308 g/mol. The second-order valence-corrected chi connectivity index (χ2v) is 1.41. The van der Waals surface area contributed by atoms with Gasteiger partial charge in [-0.25, -0.2) is 0 Å². The van der Waals surface area contributed by atoms with Crippen LogP contribution in [0.25, 0.3) is 0 Å². The van der Waals surface area contributed by atoms with Gasteiger partial charge in [0.25, 0.3) is 0 Å². The molecule has 0 aromatic carbocycles. The number of ether oxygens (including phenoxy) is 1. The molecular formula is C6H12IO2Zn-. The van der Waals surface area contributed by atoms with Gasteiger partial charge in [-0.2, -0.15) is 6.42 Å². The van der Waals surface area contributed by atoms with Gasteiger partial charge in [-0.3, -0.25) is 4.79 Å². The van der Waals surface area contributed by atoms with Crippen LogP contribution in [0.1, 0.15) is 19.8 Å². The van der Waals surface area contributed by atoms with Crippen LogP contribution in [0.4, 0.5) is 0 Å². The molecule has 0 radical (unpaired) electrons. The topological polar surface area (TPSA) is 26.3 Å². The van der Waals surface area contributed by atoms with E-state index in [1.54, 1.807) is 6.92 Å². The van der Waals surface area contributed by atoms with E-state index in [1.165, 1.54) is 0 Å². The quantitative estimate of drug-likeness (QED) is 0.344. The Hall–Kier alpha value is 0.823. The van der Waals surface area contributed by atoms with Crippen LogP contribution in [0, 0.1) is 6.92 Å². The number of hydrogen-bond donors (Lipinski definition) is 0. The first-order chi connectivity index (χ1) is 3.81. The second kappa shape index (κ2) is 12.5. The number of hydrogen-bond acceptors (Lipinski definition) is 2. The zero-order chi connectivity index (χ0) is 6.41. The Morgan fingerprint density at radius 1 is 1.60 bits per heavy atom. The van der Waals surface area contributed by atoms with E-state index >= 15 is 0 Å². The molecule has 0 fully saturated rings. The predicted molar refractivity (Wildman–Crippen MR) is 46.6 cm³/mol. The number of rotatable bonds is 3. The van der Waals surface area contributed by atoms with Crippen LogP contribution in [0.15, 0.2) is 0 Å². The van der Waals surface area contributed by atoms with E-state index in [0.717, 1.165) is 0 Å². The molecule has 0 aliphatic rings. The SMILES string of the molecule is I.[CH2-]CCC(=O)OCC.[Zn]. The van der Waals surface area contributed by atoms with Gasteiger partial charge >= 0.3 is 5.97 Å². The van der Waals surface area contributed by atoms with Gasteiger partial charge in [-0.1, -0.05) is 0 Å². The van der Waals surface area contributed by atoms with Crippen molar-refractivity contribution >= 4 is 29.9 Å². The van der Waals surface area contributed by atoms with Crippen molar-refractivity contribution in [3.63, 3.8) is 0 Å². The molecule has 0 N–H and O–H groups in total. The van der Waals surface area contributed by atoms with Crippen molar-refractivity contribution < 1.29 is 29.0 Å². The molecule has 0 bridgehead atoms. The van der Waals surface area contributed by atoms with Crippen LogP contribution >= 0.6 is 24.0 Å². The minimum Gasteiger partial charge on any atom is -0.466 e. The predicted octanol–water partition coefficient (Wildman–Crippen LogP) is 1.78. The molecule has 0 aromatic heterocycles. The first-order valence-electron chi connectivity index (χ1n) is 2.76. The summed E-state index contributed by atoms with van der Waals surface area (Å²) in [5, 5.41) is 0. The molecule has 58 valence electrons. The molecule has 0 spiro atoms. The average Bonchev–Trinajstić information content (AvgIpc) is 1.68. The van der Waals surface area contributed by atoms with Crippen molar-refractivity contribution in [1.29, 1.82) is 0 Å². The maximum absolute atomic E-state index is 10.4. The van der Waals surface area contributed by atoms with Gasteiger partial charge in [0.05, 0.1) is 6.61 Å². The summed E-state index contributed by atoms with van der Waals surface area (Å²) >= 11 is 0. The summed E-state index contributed by atoms with van der Waals surface area (Å²) < 4.78 is 4.60. The smallest absolute Gasteiger partial charge is 0.303 e. The summed E-state index contributed by atoms with van der Waals surface area (Å²) in [5.41, 5.74) is 0. The van der Waals surface area contributed by atoms with Crippen LogP contribution in [-0.2, 0) is 29.0 Å². The van der Waals surface area contributed by atoms with Crippen molar-refractivity contribution in [2.45, 2.75) is 19.8 Å².